The second-order valence-corrected chi connectivity index (χ2v) is 6.92. The summed E-state index contributed by atoms with van der Waals surface area (Å²) in [6.07, 6.45) is 0.891. The van der Waals surface area contributed by atoms with Crippen molar-refractivity contribution in [2.24, 2.45) is 15.7 Å². The third kappa shape index (κ3) is 1.43. The van der Waals surface area contributed by atoms with Crippen LogP contribution in [0.2, 0.25) is 0 Å². The number of aliphatic imine (C=N–C) groups is 2. The van der Waals surface area contributed by atoms with Gasteiger partial charge in [0.1, 0.15) is 0 Å². The van der Waals surface area contributed by atoms with E-state index in [2.05, 4.69) is 27.1 Å². The molecule has 1 aromatic carbocycles. The van der Waals surface area contributed by atoms with E-state index < -0.39 is 11.6 Å². The number of nitrogens with one attached hydrogen (secondary N) is 1. The fraction of sp³-hybridized carbons (Fsp3) is 0.375. The van der Waals surface area contributed by atoms with Crippen LogP contribution in [0.25, 0.3) is 0 Å². The average Bonchev–Trinajstić information content (AvgIpc) is 2.54. The zero-order chi connectivity index (χ0) is 17.6. The first-order valence-electron chi connectivity index (χ1n) is 8.04. The van der Waals surface area contributed by atoms with E-state index in [1.165, 1.54) is 12.1 Å². The van der Waals surface area contributed by atoms with Crippen molar-refractivity contribution in [2.45, 2.75) is 30.7 Å². The lowest BCUT2D eigenvalue weighted by molar-refractivity contribution is -0.215. The van der Waals surface area contributed by atoms with Crippen molar-refractivity contribution in [1.82, 2.24) is 10.2 Å². The first-order valence-corrected chi connectivity index (χ1v) is 8.04. The lowest BCUT2D eigenvalue weighted by atomic mass is 9.69. The highest BCUT2D eigenvalue weighted by molar-refractivity contribution is 6.24. The molecule has 1 spiro atoms. The van der Waals surface area contributed by atoms with Crippen LogP contribution in [0.3, 0.4) is 0 Å². The molecule has 3 unspecified atom stereocenters. The van der Waals surface area contributed by atoms with E-state index in [4.69, 9.17) is 10.8 Å². The number of rotatable bonds is 2. The number of benzene rings is 1. The number of anilines is 1. The van der Waals surface area contributed by atoms with Gasteiger partial charge in [-0.15, -0.1) is 0 Å². The Hall–Kier alpha value is -2.94. The van der Waals surface area contributed by atoms with Crippen molar-refractivity contribution in [1.29, 1.82) is 0 Å². The van der Waals surface area contributed by atoms with E-state index >= 15 is 0 Å². The number of guanidine groups is 1. The molecule has 0 aromatic heterocycles. The molecule has 4 aliphatic rings. The van der Waals surface area contributed by atoms with E-state index in [-0.39, 0.29) is 29.1 Å². The Morgan fingerprint density at radius 2 is 2.08 bits per heavy atom. The van der Waals surface area contributed by atoms with Gasteiger partial charge in [0, 0.05) is 24.7 Å². The second-order valence-electron chi connectivity index (χ2n) is 6.92. The van der Waals surface area contributed by atoms with Crippen molar-refractivity contribution in [2.75, 3.05) is 11.4 Å². The van der Waals surface area contributed by atoms with Crippen LogP contribution in [-0.2, 0) is 4.79 Å². The van der Waals surface area contributed by atoms with Crippen LogP contribution in [0.4, 0.5) is 5.69 Å². The lowest BCUT2D eigenvalue weighted by Gasteiger charge is -2.81. The van der Waals surface area contributed by atoms with Gasteiger partial charge in [0.05, 0.1) is 11.2 Å². The number of carboxylic acids is 1. The monoisotopic (exact) mass is 340 g/mol. The third-order valence-electron chi connectivity index (χ3n) is 5.61. The minimum absolute atomic E-state index is 0.0492. The molecule has 3 atom stereocenters. The smallest absolute Gasteiger partial charge is 0.335 e. The molecule has 0 aliphatic carbocycles. The van der Waals surface area contributed by atoms with Crippen LogP contribution in [0.1, 0.15) is 23.7 Å². The number of piperazine rings is 1. The third-order valence-corrected chi connectivity index (χ3v) is 5.61. The van der Waals surface area contributed by atoms with Crippen molar-refractivity contribution in [3.8, 4) is 0 Å². The van der Waals surface area contributed by atoms with Crippen molar-refractivity contribution in [3.05, 3.63) is 29.8 Å². The molecule has 5 rings (SSSR count). The number of nitrogens with zero attached hydrogens (tertiary/aromatic N) is 4. The van der Waals surface area contributed by atoms with Gasteiger partial charge in [-0.1, -0.05) is 0 Å². The number of carboxylic acid groups (broad SMARTS) is 1. The second kappa shape index (κ2) is 4.17. The van der Waals surface area contributed by atoms with Gasteiger partial charge in [-0.25, -0.2) is 9.69 Å². The van der Waals surface area contributed by atoms with Crippen molar-refractivity contribution < 1.29 is 14.7 Å². The highest BCUT2D eigenvalue weighted by Crippen LogP contribution is 2.60. The highest BCUT2D eigenvalue weighted by atomic mass is 16.4. The topological polar surface area (TPSA) is 124 Å². The zero-order valence-electron chi connectivity index (χ0n) is 13.4. The van der Waals surface area contributed by atoms with Crippen LogP contribution in [0.15, 0.2) is 34.3 Å². The standard InChI is InChI=1S/C16H16N6O3/c1-15-6-10-7-18-12-16(22(10)15,13(25)20-14(17)19-12)21(15)9-4-2-8(3-5-9)11(23)24/h2-5,10H,6-7H2,1H3,(H,23,24)(H3,17,18,19,20,25). The fourth-order valence-corrected chi connectivity index (χ4v) is 4.82. The molecular formula is C16H16N6O3. The minimum Gasteiger partial charge on any atom is -0.478 e. The molecular weight excluding hydrogens is 324 g/mol. The van der Waals surface area contributed by atoms with E-state index in [0.717, 1.165) is 12.1 Å². The van der Waals surface area contributed by atoms with Gasteiger partial charge < -0.3 is 21.1 Å². The molecule has 0 radical (unpaired) electrons. The maximum absolute atomic E-state index is 12.9. The molecule has 25 heavy (non-hydrogen) atoms. The Bertz CT molecular complexity index is 894. The molecule has 9 nitrogen and oxygen atoms in total. The number of nitrogens with two attached hydrogens (primary N) is 1. The Morgan fingerprint density at radius 3 is 2.76 bits per heavy atom. The minimum atomic E-state index is -1.11. The van der Waals surface area contributed by atoms with Gasteiger partial charge in [-0.2, -0.15) is 9.98 Å². The molecule has 9 heteroatoms. The Kier molecular flexibility index (Phi) is 2.41. The summed E-state index contributed by atoms with van der Waals surface area (Å²) in [5, 5.41) is 12.3. The molecule has 0 saturated carbocycles. The van der Waals surface area contributed by atoms with Crippen LogP contribution in [0.5, 0.6) is 0 Å². The maximum Gasteiger partial charge on any atom is 0.335 e. The van der Waals surface area contributed by atoms with Crippen molar-refractivity contribution in [3.63, 3.8) is 0 Å². The SMILES string of the molecule is CC12CC3CNC4=NC(N)=NC(=O)C4(N1c1ccc(C(=O)O)cc1)N32. The highest BCUT2D eigenvalue weighted by Gasteiger charge is 2.81. The average molecular weight is 340 g/mol. The van der Waals surface area contributed by atoms with E-state index in [0.29, 0.717) is 12.4 Å². The first-order chi connectivity index (χ1) is 11.9. The number of carbonyl (C=O) groups is 2. The summed E-state index contributed by atoms with van der Waals surface area (Å²) in [7, 11) is 0. The summed E-state index contributed by atoms with van der Waals surface area (Å²) in [5.74, 6) is -0.920. The molecule has 128 valence electrons. The lowest BCUT2D eigenvalue weighted by Crippen LogP contribution is -3.02. The quantitative estimate of drug-likeness (QED) is 0.666. The molecule has 4 aliphatic heterocycles. The number of amides is 1. The summed E-state index contributed by atoms with van der Waals surface area (Å²) in [6, 6.07) is 6.74. The van der Waals surface area contributed by atoms with Gasteiger partial charge >= 0.3 is 5.97 Å². The van der Waals surface area contributed by atoms with Gasteiger partial charge in [0.15, 0.2) is 5.84 Å². The van der Waals surface area contributed by atoms with Gasteiger partial charge in [-0.05, 0) is 31.2 Å². The molecule has 1 aromatic rings. The first kappa shape index (κ1) is 14.4. The largest absolute Gasteiger partial charge is 0.478 e. The molecule has 0 bridgehead atoms. The Labute approximate surface area is 142 Å². The van der Waals surface area contributed by atoms with Gasteiger partial charge in [0.2, 0.25) is 11.6 Å². The van der Waals surface area contributed by atoms with Gasteiger partial charge in [-0.3, -0.25) is 4.79 Å². The Balaban J connectivity index is 1.65. The molecule has 1 amide bonds. The molecule has 3 fully saturated rings. The summed E-state index contributed by atoms with van der Waals surface area (Å²) < 4.78 is 0. The summed E-state index contributed by atoms with van der Waals surface area (Å²) in [5.41, 5.74) is 5.19. The molecule has 4 N–H and O–H groups in total. The van der Waals surface area contributed by atoms with Crippen LogP contribution >= 0.6 is 0 Å². The van der Waals surface area contributed by atoms with E-state index in [9.17, 15) is 9.59 Å². The van der Waals surface area contributed by atoms with Crippen LogP contribution < -0.4 is 16.0 Å². The van der Waals surface area contributed by atoms with Crippen LogP contribution in [0, 0.1) is 0 Å². The number of hydrogen-bond donors (Lipinski definition) is 3. The summed E-state index contributed by atoms with van der Waals surface area (Å²) in [4.78, 5) is 36.3. The van der Waals surface area contributed by atoms with E-state index in [1.54, 1.807) is 12.1 Å². The number of amidine groups is 1. The predicted octanol–water partition coefficient (Wildman–Crippen LogP) is -0.452. The number of aromatic carboxylic acids is 1. The zero-order valence-corrected chi connectivity index (χ0v) is 13.4. The van der Waals surface area contributed by atoms with Crippen LogP contribution in [-0.4, -0.2) is 57.6 Å². The normalized spacial score (nSPS) is 35.3. The number of carbonyl (C=O) groups excluding carboxylic acids is 1. The maximum atomic E-state index is 12.9. The number of hydrogen-bond acceptors (Lipinski definition) is 7. The predicted molar refractivity (Wildman–Crippen MR) is 89.3 cm³/mol. The van der Waals surface area contributed by atoms with E-state index in [1.807, 2.05) is 4.90 Å². The van der Waals surface area contributed by atoms with Crippen molar-refractivity contribution >= 4 is 29.4 Å². The summed E-state index contributed by atoms with van der Waals surface area (Å²) >= 11 is 0. The summed E-state index contributed by atoms with van der Waals surface area (Å²) in [6.45, 7) is 2.78. The molecule has 3 saturated heterocycles. The fourth-order valence-electron chi connectivity index (χ4n) is 4.82. The van der Waals surface area contributed by atoms with Gasteiger partial charge in [0.25, 0.3) is 5.91 Å². The Morgan fingerprint density at radius 1 is 1.36 bits per heavy atom. The molecule has 4 heterocycles.